The normalized spacial score (nSPS) is 11.9. The topological polar surface area (TPSA) is 68.0 Å². The lowest BCUT2D eigenvalue weighted by Crippen LogP contribution is -2.35. The van der Waals surface area contributed by atoms with Crippen molar-refractivity contribution in [2.45, 2.75) is 19.4 Å². The van der Waals surface area contributed by atoms with Gasteiger partial charge < -0.3 is 11.1 Å². The molecule has 0 radical (unpaired) electrons. The number of rotatable bonds is 4. The first kappa shape index (κ1) is 11.4. The molecule has 1 atom stereocenters. The van der Waals surface area contributed by atoms with Gasteiger partial charge in [-0.25, -0.2) is 0 Å². The van der Waals surface area contributed by atoms with Crippen molar-refractivity contribution in [2.75, 3.05) is 5.32 Å². The average molecular weight is 205 g/mol. The van der Waals surface area contributed by atoms with Gasteiger partial charge in [-0.3, -0.25) is 9.78 Å². The summed E-state index contributed by atoms with van der Waals surface area (Å²) in [5.41, 5.74) is 7.27. The molecule has 80 valence electrons. The van der Waals surface area contributed by atoms with E-state index in [0.717, 1.165) is 5.56 Å². The molecule has 0 spiro atoms. The SMILES string of the molecule is C=CCC(N)C(=O)Nc1cncc(C)c1. The van der Waals surface area contributed by atoms with Crippen LogP contribution in [-0.2, 0) is 4.79 Å². The number of aryl methyl sites for hydroxylation is 1. The van der Waals surface area contributed by atoms with Gasteiger partial charge in [0.25, 0.3) is 0 Å². The fraction of sp³-hybridized carbons (Fsp3) is 0.273. The van der Waals surface area contributed by atoms with Crippen molar-refractivity contribution in [3.63, 3.8) is 0 Å². The number of hydrogen-bond donors (Lipinski definition) is 2. The van der Waals surface area contributed by atoms with E-state index >= 15 is 0 Å². The van der Waals surface area contributed by atoms with E-state index in [1.165, 1.54) is 0 Å². The molecule has 1 aromatic heterocycles. The lowest BCUT2D eigenvalue weighted by Gasteiger charge is -2.10. The van der Waals surface area contributed by atoms with Gasteiger partial charge in [-0.1, -0.05) is 6.08 Å². The largest absolute Gasteiger partial charge is 0.323 e. The third kappa shape index (κ3) is 3.52. The first-order chi connectivity index (χ1) is 7.13. The third-order valence-electron chi connectivity index (χ3n) is 1.90. The quantitative estimate of drug-likeness (QED) is 0.726. The Bertz CT molecular complexity index is 363. The van der Waals surface area contributed by atoms with Crippen molar-refractivity contribution in [3.8, 4) is 0 Å². The van der Waals surface area contributed by atoms with Gasteiger partial charge in [0, 0.05) is 6.20 Å². The van der Waals surface area contributed by atoms with E-state index in [2.05, 4.69) is 16.9 Å². The number of nitrogens with one attached hydrogen (secondary N) is 1. The number of nitrogens with two attached hydrogens (primary N) is 1. The van der Waals surface area contributed by atoms with E-state index in [9.17, 15) is 4.79 Å². The van der Waals surface area contributed by atoms with Crippen LogP contribution < -0.4 is 11.1 Å². The van der Waals surface area contributed by atoms with Crippen LogP contribution in [-0.4, -0.2) is 16.9 Å². The molecule has 3 N–H and O–H groups in total. The highest BCUT2D eigenvalue weighted by atomic mass is 16.2. The Labute approximate surface area is 89.2 Å². The van der Waals surface area contributed by atoms with Crippen LogP contribution in [0.25, 0.3) is 0 Å². The minimum atomic E-state index is -0.553. The standard InChI is InChI=1S/C11H15N3O/c1-3-4-10(12)11(15)14-9-5-8(2)6-13-7-9/h3,5-7,10H,1,4,12H2,2H3,(H,14,15). The van der Waals surface area contributed by atoms with Crippen LogP contribution in [0, 0.1) is 6.92 Å². The summed E-state index contributed by atoms with van der Waals surface area (Å²) < 4.78 is 0. The Morgan fingerprint density at radius 2 is 2.47 bits per heavy atom. The second-order valence-corrected chi connectivity index (χ2v) is 3.37. The molecule has 1 amide bonds. The second-order valence-electron chi connectivity index (χ2n) is 3.37. The van der Waals surface area contributed by atoms with Gasteiger partial charge in [-0.2, -0.15) is 0 Å². The van der Waals surface area contributed by atoms with Crippen molar-refractivity contribution < 1.29 is 4.79 Å². The molecule has 0 fully saturated rings. The monoisotopic (exact) mass is 205 g/mol. The number of anilines is 1. The van der Waals surface area contributed by atoms with Gasteiger partial charge in [0.05, 0.1) is 17.9 Å². The van der Waals surface area contributed by atoms with E-state index in [-0.39, 0.29) is 5.91 Å². The van der Waals surface area contributed by atoms with Gasteiger partial charge in [0.15, 0.2) is 0 Å². The molecular formula is C11H15N3O. The maximum atomic E-state index is 11.5. The number of aromatic nitrogens is 1. The van der Waals surface area contributed by atoms with Gasteiger partial charge in [-0.15, -0.1) is 6.58 Å². The number of carbonyl (C=O) groups is 1. The number of pyridine rings is 1. The van der Waals surface area contributed by atoms with E-state index < -0.39 is 6.04 Å². The number of amides is 1. The third-order valence-corrected chi connectivity index (χ3v) is 1.90. The molecule has 0 saturated carbocycles. The molecule has 0 aromatic carbocycles. The molecule has 0 aliphatic heterocycles. The van der Waals surface area contributed by atoms with Gasteiger partial charge in [0.2, 0.25) is 5.91 Å². The molecule has 4 heteroatoms. The zero-order valence-electron chi connectivity index (χ0n) is 8.73. The van der Waals surface area contributed by atoms with E-state index in [1.807, 2.05) is 13.0 Å². The second kappa shape index (κ2) is 5.26. The average Bonchev–Trinajstić information content (AvgIpc) is 2.18. The molecule has 0 aliphatic rings. The molecule has 1 unspecified atom stereocenters. The summed E-state index contributed by atoms with van der Waals surface area (Å²) in [6.45, 7) is 5.44. The fourth-order valence-electron chi connectivity index (χ4n) is 1.14. The highest BCUT2D eigenvalue weighted by Gasteiger charge is 2.11. The van der Waals surface area contributed by atoms with E-state index in [1.54, 1.807) is 18.5 Å². The number of carbonyl (C=O) groups excluding carboxylic acids is 1. The van der Waals surface area contributed by atoms with Crippen molar-refractivity contribution in [1.29, 1.82) is 0 Å². The molecule has 0 bridgehead atoms. The first-order valence-corrected chi connectivity index (χ1v) is 4.72. The molecule has 15 heavy (non-hydrogen) atoms. The summed E-state index contributed by atoms with van der Waals surface area (Å²) in [7, 11) is 0. The molecular weight excluding hydrogens is 190 g/mol. The predicted octanol–water partition coefficient (Wildman–Crippen LogP) is 1.23. The fourth-order valence-corrected chi connectivity index (χ4v) is 1.14. The summed E-state index contributed by atoms with van der Waals surface area (Å²) in [4.78, 5) is 15.5. The zero-order valence-corrected chi connectivity index (χ0v) is 8.73. The minimum absolute atomic E-state index is 0.220. The maximum absolute atomic E-state index is 11.5. The summed E-state index contributed by atoms with van der Waals surface area (Å²) in [6, 6.07) is 1.29. The summed E-state index contributed by atoms with van der Waals surface area (Å²) in [5.74, 6) is -0.220. The Hall–Kier alpha value is -1.68. The van der Waals surface area contributed by atoms with Crippen LogP contribution in [0.2, 0.25) is 0 Å². The van der Waals surface area contributed by atoms with Gasteiger partial charge in [-0.05, 0) is 25.0 Å². The molecule has 0 saturated heterocycles. The summed E-state index contributed by atoms with van der Waals surface area (Å²) in [5, 5.41) is 2.69. The molecule has 1 heterocycles. The lowest BCUT2D eigenvalue weighted by molar-refractivity contribution is -0.117. The highest BCUT2D eigenvalue weighted by Crippen LogP contribution is 2.07. The highest BCUT2D eigenvalue weighted by molar-refractivity contribution is 5.94. The Balaban J connectivity index is 2.62. The number of nitrogens with zero attached hydrogens (tertiary/aromatic N) is 1. The van der Waals surface area contributed by atoms with E-state index in [4.69, 9.17) is 5.73 Å². The Morgan fingerprint density at radius 1 is 1.73 bits per heavy atom. The van der Waals surface area contributed by atoms with Crippen LogP contribution in [0.4, 0.5) is 5.69 Å². The Kier molecular flexibility index (Phi) is 4.00. The van der Waals surface area contributed by atoms with E-state index in [0.29, 0.717) is 12.1 Å². The molecule has 1 rings (SSSR count). The maximum Gasteiger partial charge on any atom is 0.241 e. The zero-order chi connectivity index (χ0) is 11.3. The number of hydrogen-bond acceptors (Lipinski definition) is 3. The molecule has 1 aromatic rings. The van der Waals surface area contributed by atoms with Crippen molar-refractivity contribution >= 4 is 11.6 Å². The smallest absolute Gasteiger partial charge is 0.241 e. The Morgan fingerprint density at radius 3 is 3.07 bits per heavy atom. The van der Waals surface area contributed by atoms with Crippen LogP contribution in [0.15, 0.2) is 31.1 Å². The molecule has 0 aliphatic carbocycles. The summed E-state index contributed by atoms with van der Waals surface area (Å²) >= 11 is 0. The first-order valence-electron chi connectivity index (χ1n) is 4.72. The summed E-state index contributed by atoms with van der Waals surface area (Å²) in [6.07, 6.45) is 5.40. The van der Waals surface area contributed by atoms with Gasteiger partial charge >= 0.3 is 0 Å². The van der Waals surface area contributed by atoms with Crippen LogP contribution in [0.3, 0.4) is 0 Å². The minimum Gasteiger partial charge on any atom is -0.323 e. The van der Waals surface area contributed by atoms with Crippen molar-refractivity contribution in [1.82, 2.24) is 4.98 Å². The lowest BCUT2D eigenvalue weighted by atomic mass is 10.2. The van der Waals surface area contributed by atoms with Crippen LogP contribution in [0.5, 0.6) is 0 Å². The van der Waals surface area contributed by atoms with Gasteiger partial charge in [0.1, 0.15) is 0 Å². The van der Waals surface area contributed by atoms with Crippen LogP contribution in [0.1, 0.15) is 12.0 Å². The predicted molar refractivity (Wildman–Crippen MR) is 60.4 cm³/mol. The van der Waals surface area contributed by atoms with Crippen LogP contribution >= 0.6 is 0 Å². The van der Waals surface area contributed by atoms with Crippen molar-refractivity contribution in [2.24, 2.45) is 5.73 Å². The van der Waals surface area contributed by atoms with Crippen molar-refractivity contribution in [3.05, 3.63) is 36.7 Å². The molecule has 4 nitrogen and oxygen atoms in total.